The molecule has 0 amide bonds. The van der Waals surface area contributed by atoms with E-state index in [4.69, 9.17) is 5.11 Å². The minimum Gasteiger partial charge on any atom is -0.477 e. The predicted octanol–water partition coefficient (Wildman–Crippen LogP) is 0.911. The molecule has 18 heavy (non-hydrogen) atoms. The van der Waals surface area contributed by atoms with Crippen LogP contribution in [0.1, 0.15) is 10.4 Å². The number of hydrogen-bond acceptors (Lipinski definition) is 3. The molecule has 1 aromatic carbocycles. The minimum atomic E-state index is -4.42. The summed E-state index contributed by atoms with van der Waals surface area (Å²) < 4.78 is 63.1. The van der Waals surface area contributed by atoms with E-state index in [0.29, 0.717) is 12.1 Å². The number of halogens is 3. The molecule has 0 unspecified atom stereocenters. The van der Waals surface area contributed by atoms with Crippen LogP contribution in [0.25, 0.3) is 0 Å². The van der Waals surface area contributed by atoms with E-state index < -0.39 is 51.3 Å². The third-order valence-electron chi connectivity index (χ3n) is 1.95. The maximum absolute atomic E-state index is 13.6. The van der Waals surface area contributed by atoms with Gasteiger partial charge in [0, 0.05) is 6.54 Å². The molecule has 0 spiro atoms. The summed E-state index contributed by atoms with van der Waals surface area (Å²) in [7, 11) is -4.42. The van der Waals surface area contributed by atoms with Gasteiger partial charge in [0.2, 0.25) is 10.0 Å². The lowest BCUT2D eigenvalue weighted by molar-refractivity contribution is 0.0685. The number of rotatable bonds is 5. The summed E-state index contributed by atoms with van der Waals surface area (Å²) in [5, 5.41) is 8.56. The number of carboxylic acids is 1. The Kier molecular flexibility index (Phi) is 4.30. The van der Waals surface area contributed by atoms with Crippen LogP contribution < -0.4 is 4.72 Å². The molecular formula is C9H8F3NO4S. The smallest absolute Gasteiger partial charge is 0.341 e. The van der Waals surface area contributed by atoms with Gasteiger partial charge in [-0.2, -0.15) is 0 Å². The molecule has 9 heteroatoms. The van der Waals surface area contributed by atoms with E-state index in [9.17, 15) is 26.4 Å². The Balaban J connectivity index is 3.36. The molecular weight excluding hydrogens is 275 g/mol. The molecule has 1 aromatic rings. The van der Waals surface area contributed by atoms with E-state index >= 15 is 0 Å². The normalized spacial score (nSPS) is 11.5. The number of alkyl halides is 1. The zero-order valence-electron chi connectivity index (χ0n) is 8.78. The van der Waals surface area contributed by atoms with Crippen LogP contribution in [0.15, 0.2) is 17.0 Å². The van der Waals surface area contributed by atoms with Crippen molar-refractivity contribution in [3.63, 3.8) is 0 Å². The number of benzene rings is 1. The fraction of sp³-hybridized carbons (Fsp3) is 0.222. The highest BCUT2D eigenvalue weighted by Gasteiger charge is 2.26. The molecule has 0 bridgehead atoms. The van der Waals surface area contributed by atoms with E-state index in [-0.39, 0.29) is 0 Å². The zero-order valence-corrected chi connectivity index (χ0v) is 9.60. The van der Waals surface area contributed by atoms with E-state index in [0.717, 1.165) is 0 Å². The van der Waals surface area contributed by atoms with Gasteiger partial charge in [0.1, 0.15) is 23.0 Å². The first-order valence-electron chi connectivity index (χ1n) is 4.58. The zero-order chi connectivity index (χ0) is 13.9. The lowest BCUT2D eigenvalue weighted by Gasteiger charge is -2.08. The van der Waals surface area contributed by atoms with Crippen molar-refractivity contribution in [1.82, 2.24) is 4.72 Å². The minimum absolute atomic E-state index is 0.510. The van der Waals surface area contributed by atoms with E-state index in [1.165, 1.54) is 0 Å². The first-order valence-corrected chi connectivity index (χ1v) is 6.06. The van der Waals surface area contributed by atoms with Gasteiger partial charge in [0.05, 0.1) is 0 Å². The first-order chi connectivity index (χ1) is 8.31. The summed E-state index contributed by atoms with van der Waals surface area (Å²) in [5.41, 5.74) is -1.38. The van der Waals surface area contributed by atoms with Gasteiger partial charge in [-0.05, 0) is 12.1 Å². The molecule has 0 heterocycles. The quantitative estimate of drug-likeness (QED) is 0.841. The molecule has 0 aliphatic heterocycles. The fourth-order valence-electron chi connectivity index (χ4n) is 1.19. The Morgan fingerprint density at radius 1 is 1.33 bits per heavy atom. The molecule has 0 aliphatic carbocycles. The molecule has 0 saturated carbocycles. The predicted molar refractivity (Wildman–Crippen MR) is 54.5 cm³/mol. The topological polar surface area (TPSA) is 83.5 Å². The van der Waals surface area contributed by atoms with Crippen molar-refractivity contribution >= 4 is 16.0 Å². The molecule has 1 rings (SSSR count). The monoisotopic (exact) mass is 283 g/mol. The lowest BCUT2D eigenvalue weighted by atomic mass is 10.2. The third kappa shape index (κ3) is 2.79. The molecule has 0 aromatic heterocycles. The number of sulfonamides is 1. The number of hydrogen-bond donors (Lipinski definition) is 2. The van der Waals surface area contributed by atoms with Crippen molar-refractivity contribution in [2.45, 2.75) is 4.90 Å². The van der Waals surface area contributed by atoms with Crippen LogP contribution in [0.5, 0.6) is 0 Å². The van der Waals surface area contributed by atoms with Gasteiger partial charge in [-0.15, -0.1) is 0 Å². The van der Waals surface area contributed by atoms with Crippen molar-refractivity contribution in [3.8, 4) is 0 Å². The van der Waals surface area contributed by atoms with Gasteiger partial charge >= 0.3 is 5.97 Å². The molecule has 0 aliphatic rings. The van der Waals surface area contributed by atoms with Gasteiger partial charge in [0.25, 0.3) is 0 Å². The van der Waals surface area contributed by atoms with E-state index in [2.05, 4.69) is 0 Å². The summed E-state index contributed by atoms with van der Waals surface area (Å²) in [6.07, 6.45) is 0. The summed E-state index contributed by atoms with van der Waals surface area (Å²) in [5.74, 6) is -5.06. The average Bonchev–Trinajstić information content (AvgIpc) is 2.25. The highest BCUT2D eigenvalue weighted by Crippen LogP contribution is 2.20. The van der Waals surface area contributed by atoms with E-state index in [1.54, 1.807) is 4.72 Å². The number of aromatic carboxylic acids is 1. The first kappa shape index (κ1) is 14.5. The fourth-order valence-corrected chi connectivity index (χ4v) is 2.27. The largest absolute Gasteiger partial charge is 0.477 e. The van der Waals surface area contributed by atoms with Gasteiger partial charge in [-0.3, -0.25) is 0 Å². The Hall–Kier alpha value is -1.61. The molecule has 100 valence electrons. The maximum Gasteiger partial charge on any atom is 0.341 e. The van der Waals surface area contributed by atoms with Crippen LogP contribution in [-0.4, -0.2) is 32.7 Å². The summed E-state index contributed by atoms with van der Waals surface area (Å²) in [6, 6.07) is 1.08. The number of nitrogens with one attached hydrogen (secondary N) is 1. The second kappa shape index (κ2) is 5.36. The number of carboxylic acid groups (broad SMARTS) is 1. The Labute approximate surface area is 100 Å². The summed E-state index contributed by atoms with van der Waals surface area (Å²) in [6.45, 7) is -1.62. The molecule has 0 radical (unpaired) electrons. The van der Waals surface area contributed by atoms with Gasteiger partial charge in [-0.1, -0.05) is 0 Å². The van der Waals surface area contributed by atoms with Crippen LogP contribution in [-0.2, 0) is 10.0 Å². The van der Waals surface area contributed by atoms with Crippen molar-refractivity contribution in [1.29, 1.82) is 0 Å². The molecule has 0 atom stereocenters. The van der Waals surface area contributed by atoms with Crippen LogP contribution in [0, 0.1) is 11.6 Å². The molecule has 0 saturated heterocycles. The Morgan fingerprint density at radius 2 is 1.94 bits per heavy atom. The van der Waals surface area contributed by atoms with Crippen molar-refractivity contribution in [3.05, 3.63) is 29.3 Å². The maximum atomic E-state index is 13.6. The summed E-state index contributed by atoms with van der Waals surface area (Å²) in [4.78, 5) is 9.53. The van der Waals surface area contributed by atoms with Gasteiger partial charge in [-0.25, -0.2) is 31.1 Å². The van der Waals surface area contributed by atoms with Crippen LogP contribution in [0.2, 0.25) is 0 Å². The second-order valence-electron chi connectivity index (χ2n) is 3.13. The van der Waals surface area contributed by atoms with Crippen LogP contribution >= 0.6 is 0 Å². The third-order valence-corrected chi connectivity index (χ3v) is 3.42. The van der Waals surface area contributed by atoms with Crippen molar-refractivity contribution < 1.29 is 31.5 Å². The second-order valence-corrected chi connectivity index (χ2v) is 4.86. The molecule has 0 fully saturated rings. The SMILES string of the molecule is O=C(O)c1c(F)ccc(S(=O)(=O)NCCF)c1F. The molecule has 5 nitrogen and oxygen atoms in total. The van der Waals surface area contributed by atoms with Gasteiger partial charge in [0.15, 0.2) is 5.82 Å². The lowest BCUT2D eigenvalue weighted by Crippen LogP contribution is -2.27. The van der Waals surface area contributed by atoms with Crippen molar-refractivity contribution in [2.24, 2.45) is 0 Å². The number of carbonyl (C=O) groups is 1. The Morgan fingerprint density at radius 3 is 2.44 bits per heavy atom. The molecule has 2 N–H and O–H groups in total. The Bertz CT molecular complexity index is 573. The highest BCUT2D eigenvalue weighted by molar-refractivity contribution is 7.89. The van der Waals surface area contributed by atoms with Gasteiger partial charge < -0.3 is 5.11 Å². The average molecular weight is 283 g/mol. The standard InChI is InChI=1S/C9H8F3NO4S/c10-3-4-13-18(16,17)6-2-1-5(11)7(8(6)12)9(14)15/h1-2,13H,3-4H2,(H,14,15). The van der Waals surface area contributed by atoms with Crippen molar-refractivity contribution in [2.75, 3.05) is 13.2 Å². The summed E-state index contributed by atoms with van der Waals surface area (Å²) >= 11 is 0. The van der Waals surface area contributed by atoms with E-state index in [1.807, 2.05) is 0 Å². The highest BCUT2D eigenvalue weighted by atomic mass is 32.2. The van der Waals surface area contributed by atoms with Crippen LogP contribution in [0.4, 0.5) is 13.2 Å². The van der Waals surface area contributed by atoms with Crippen LogP contribution in [0.3, 0.4) is 0 Å².